The van der Waals surface area contributed by atoms with Crippen molar-refractivity contribution in [1.82, 2.24) is 15.2 Å². The average Bonchev–Trinajstić information content (AvgIpc) is 2.79. The minimum Gasteiger partial charge on any atom is -0.370 e. The van der Waals surface area contributed by atoms with Gasteiger partial charge in [0.05, 0.1) is 23.3 Å². The number of hydrogen-bond acceptors (Lipinski definition) is 6. The molecular weight excluding hydrogens is 402 g/mol. The zero-order valence-corrected chi connectivity index (χ0v) is 19.3. The number of anilines is 1. The molecule has 4 rings (SSSR count). The number of hydrogen-bond donors (Lipinski definition) is 1. The molecule has 1 amide bonds. The normalized spacial score (nSPS) is 22.8. The Morgan fingerprint density at radius 1 is 1.28 bits per heavy atom. The highest BCUT2D eigenvalue weighted by Gasteiger charge is 2.30. The molecule has 1 aromatic heterocycles. The van der Waals surface area contributed by atoms with Crippen LogP contribution in [-0.4, -0.2) is 66.8 Å². The maximum atomic E-state index is 12.0. The Kier molecular flexibility index (Phi) is 6.92. The second-order valence-corrected chi connectivity index (χ2v) is 9.36. The quantitative estimate of drug-likeness (QED) is 0.778. The van der Waals surface area contributed by atoms with Crippen LogP contribution < -0.4 is 10.2 Å². The number of carbonyl (C=O) groups is 1. The first kappa shape index (κ1) is 22.5. The minimum atomic E-state index is 0.0321. The Hall–Kier alpha value is -2.69. The summed E-state index contributed by atoms with van der Waals surface area (Å²) in [6, 6.07) is 10.4. The summed E-state index contributed by atoms with van der Waals surface area (Å²) in [7, 11) is 0. The van der Waals surface area contributed by atoms with Crippen LogP contribution in [-0.2, 0) is 9.53 Å². The molecule has 0 aliphatic carbocycles. The number of likely N-dealkylation sites (tertiary alicyclic amines) is 1. The number of aromatic nitrogens is 1. The van der Waals surface area contributed by atoms with Crippen LogP contribution in [0.2, 0.25) is 0 Å². The van der Waals surface area contributed by atoms with Crippen LogP contribution in [0.1, 0.15) is 39.2 Å². The van der Waals surface area contributed by atoms with Crippen molar-refractivity contribution in [3.63, 3.8) is 0 Å². The number of ether oxygens (including phenoxy) is 1. The lowest BCUT2D eigenvalue weighted by Crippen LogP contribution is -2.53. The fraction of sp³-hybridized carbons (Fsp3) is 0.560. The number of benzene rings is 1. The van der Waals surface area contributed by atoms with E-state index in [1.807, 2.05) is 38.1 Å². The van der Waals surface area contributed by atoms with E-state index in [0.717, 1.165) is 62.2 Å². The molecule has 0 unspecified atom stereocenters. The molecule has 2 aromatic rings. The molecule has 7 heteroatoms. The Balaban J connectivity index is 1.40. The number of amides is 1. The largest absolute Gasteiger partial charge is 0.370 e. The molecule has 1 N–H and O–H groups in total. The molecule has 0 radical (unpaired) electrons. The summed E-state index contributed by atoms with van der Waals surface area (Å²) in [6.07, 6.45) is 3.94. The molecule has 2 aliphatic rings. The third-order valence-electron chi connectivity index (χ3n) is 6.45. The van der Waals surface area contributed by atoms with Gasteiger partial charge in [0.25, 0.3) is 0 Å². The molecule has 2 fully saturated rings. The van der Waals surface area contributed by atoms with Gasteiger partial charge >= 0.3 is 0 Å². The van der Waals surface area contributed by atoms with E-state index in [2.05, 4.69) is 33.1 Å². The van der Waals surface area contributed by atoms with E-state index >= 15 is 0 Å². The molecule has 1 aromatic carbocycles. The number of nitrogens with zero attached hydrogens (tertiary/aromatic N) is 4. The fourth-order valence-electron chi connectivity index (χ4n) is 4.78. The molecular formula is C25H33N5O2. The highest BCUT2D eigenvalue weighted by atomic mass is 16.5. The first-order valence-electron chi connectivity index (χ1n) is 11.7. The van der Waals surface area contributed by atoms with Crippen LogP contribution >= 0.6 is 0 Å². The zero-order chi connectivity index (χ0) is 22.7. The summed E-state index contributed by atoms with van der Waals surface area (Å²) >= 11 is 0. The molecule has 0 bridgehead atoms. The first-order valence-corrected chi connectivity index (χ1v) is 11.7. The van der Waals surface area contributed by atoms with Crippen molar-refractivity contribution in [3.05, 3.63) is 36.0 Å². The monoisotopic (exact) mass is 435 g/mol. The van der Waals surface area contributed by atoms with Gasteiger partial charge in [0.15, 0.2) is 0 Å². The molecule has 32 heavy (non-hydrogen) atoms. The smallest absolute Gasteiger partial charge is 0.222 e. The number of nitriles is 1. The van der Waals surface area contributed by atoms with E-state index < -0.39 is 0 Å². The SMILES string of the molecule is CC(C)C(=O)NC1CCN(C[C@H]2CN(c3ccc(C#N)c4ncccc34)C[C@@H](C)O2)CC1. The van der Waals surface area contributed by atoms with E-state index in [9.17, 15) is 10.1 Å². The van der Waals surface area contributed by atoms with Crippen molar-refractivity contribution in [1.29, 1.82) is 5.26 Å². The lowest BCUT2D eigenvalue weighted by atomic mass is 10.0. The molecule has 170 valence electrons. The van der Waals surface area contributed by atoms with Gasteiger partial charge in [0.1, 0.15) is 6.07 Å². The standard InChI is InChI=1S/C25H33N5O2/c1-17(2)25(31)28-20-8-11-29(12-9-20)15-21-16-30(14-18(3)32-21)23-7-6-19(13-26)24-22(23)5-4-10-27-24/h4-7,10,17-18,20-21H,8-9,11-12,14-16H2,1-3H3,(H,28,31)/t18-,21+/m1/s1. The van der Waals surface area contributed by atoms with E-state index in [4.69, 9.17) is 4.74 Å². The Bertz CT molecular complexity index is 993. The van der Waals surface area contributed by atoms with E-state index in [1.54, 1.807) is 6.20 Å². The number of pyridine rings is 1. The highest BCUT2D eigenvalue weighted by Crippen LogP contribution is 2.30. The third kappa shape index (κ3) is 5.03. The van der Waals surface area contributed by atoms with Gasteiger partial charge in [-0.3, -0.25) is 9.78 Å². The van der Waals surface area contributed by atoms with Gasteiger partial charge in [-0.1, -0.05) is 13.8 Å². The molecule has 2 aliphatic heterocycles. The van der Waals surface area contributed by atoms with Crippen molar-refractivity contribution >= 4 is 22.5 Å². The van der Waals surface area contributed by atoms with E-state index in [0.29, 0.717) is 5.56 Å². The lowest BCUT2D eigenvalue weighted by molar-refractivity contribution is -0.125. The number of rotatable bonds is 5. The van der Waals surface area contributed by atoms with Crippen LogP contribution in [0.5, 0.6) is 0 Å². The number of morpholine rings is 1. The lowest BCUT2D eigenvalue weighted by Gasteiger charge is -2.41. The van der Waals surface area contributed by atoms with Crippen LogP contribution in [0.3, 0.4) is 0 Å². The minimum absolute atomic E-state index is 0.0321. The van der Waals surface area contributed by atoms with Gasteiger partial charge < -0.3 is 19.9 Å². The number of fused-ring (bicyclic) bond motifs is 1. The van der Waals surface area contributed by atoms with Crippen molar-refractivity contribution < 1.29 is 9.53 Å². The highest BCUT2D eigenvalue weighted by molar-refractivity contribution is 5.95. The second-order valence-electron chi connectivity index (χ2n) is 9.36. The number of carbonyl (C=O) groups excluding carboxylic acids is 1. The Morgan fingerprint density at radius 3 is 2.78 bits per heavy atom. The average molecular weight is 436 g/mol. The zero-order valence-electron chi connectivity index (χ0n) is 19.3. The summed E-state index contributed by atoms with van der Waals surface area (Å²) in [6.45, 7) is 10.5. The molecule has 3 heterocycles. The van der Waals surface area contributed by atoms with Crippen molar-refractivity contribution in [3.8, 4) is 6.07 Å². The molecule has 7 nitrogen and oxygen atoms in total. The molecule has 2 saturated heterocycles. The first-order chi connectivity index (χ1) is 15.4. The Labute approximate surface area is 190 Å². The summed E-state index contributed by atoms with van der Waals surface area (Å²) in [5, 5.41) is 13.6. The predicted octanol–water partition coefficient (Wildman–Crippen LogP) is 2.94. The maximum absolute atomic E-state index is 12.0. The summed E-state index contributed by atoms with van der Waals surface area (Å²) in [5.74, 6) is 0.178. The van der Waals surface area contributed by atoms with Gasteiger partial charge in [-0.25, -0.2) is 0 Å². The van der Waals surface area contributed by atoms with Crippen LogP contribution in [0.4, 0.5) is 5.69 Å². The summed E-state index contributed by atoms with van der Waals surface area (Å²) in [4.78, 5) is 21.3. The van der Waals surface area contributed by atoms with Gasteiger partial charge in [0.2, 0.25) is 5.91 Å². The van der Waals surface area contributed by atoms with Crippen LogP contribution in [0.15, 0.2) is 30.5 Å². The molecule has 0 spiro atoms. The summed E-state index contributed by atoms with van der Waals surface area (Å²) in [5.41, 5.74) is 2.48. The van der Waals surface area contributed by atoms with E-state index in [1.165, 1.54) is 0 Å². The third-order valence-corrected chi connectivity index (χ3v) is 6.45. The van der Waals surface area contributed by atoms with Gasteiger partial charge in [-0.2, -0.15) is 5.26 Å². The number of nitrogens with one attached hydrogen (secondary N) is 1. The van der Waals surface area contributed by atoms with Crippen LogP contribution in [0.25, 0.3) is 10.9 Å². The topological polar surface area (TPSA) is 81.5 Å². The van der Waals surface area contributed by atoms with Crippen molar-refractivity contribution in [2.75, 3.05) is 37.6 Å². The van der Waals surface area contributed by atoms with Gasteiger partial charge in [-0.15, -0.1) is 0 Å². The maximum Gasteiger partial charge on any atom is 0.222 e. The van der Waals surface area contributed by atoms with Gasteiger partial charge in [0, 0.05) is 62.0 Å². The van der Waals surface area contributed by atoms with E-state index in [-0.39, 0.29) is 30.1 Å². The number of piperidine rings is 1. The predicted molar refractivity (Wildman–Crippen MR) is 125 cm³/mol. The van der Waals surface area contributed by atoms with Crippen LogP contribution in [0, 0.1) is 17.2 Å². The fourth-order valence-corrected chi connectivity index (χ4v) is 4.78. The van der Waals surface area contributed by atoms with Crippen molar-refractivity contribution in [2.45, 2.75) is 51.9 Å². The van der Waals surface area contributed by atoms with Gasteiger partial charge in [-0.05, 0) is 44.0 Å². The second kappa shape index (κ2) is 9.85. The summed E-state index contributed by atoms with van der Waals surface area (Å²) < 4.78 is 6.30. The van der Waals surface area contributed by atoms with Crippen molar-refractivity contribution in [2.24, 2.45) is 5.92 Å². The molecule has 0 saturated carbocycles. The Morgan fingerprint density at radius 2 is 2.06 bits per heavy atom. The molecule has 2 atom stereocenters.